The third-order valence-corrected chi connectivity index (χ3v) is 8.43. The van der Waals surface area contributed by atoms with Gasteiger partial charge in [-0.15, -0.1) is 11.3 Å². The maximum Gasteiger partial charge on any atom is 0.261 e. The lowest BCUT2D eigenvalue weighted by molar-refractivity contribution is -0.0166. The third-order valence-electron chi connectivity index (χ3n) is 7.45. The second kappa shape index (κ2) is 7.16. The van der Waals surface area contributed by atoms with E-state index >= 15 is 0 Å². The molecule has 4 bridgehead atoms. The zero-order valence-electron chi connectivity index (χ0n) is 17.7. The number of hydrogen-bond acceptors (Lipinski definition) is 3. The Morgan fingerprint density at radius 1 is 1.07 bits per heavy atom. The lowest BCUT2D eigenvalue weighted by Gasteiger charge is -2.56. The van der Waals surface area contributed by atoms with Gasteiger partial charge in [0, 0.05) is 11.1 Å². The van der Waals surface area contributed by atoms with Crippen molar-refractivity contribution in [1.29, 1.82) is 0 Å². The molecule has 2 aromatic rings. The van der Waals surface area contributed by atoms with Crippen LogP contribution in [-0.2, 0) is 6.61 Å². The molecule has 0 aliphatic heterocycles. The average molecular weight is 410 g/mol. The molecule has 0 atom stereocenters. The topological polar surface area (TPSA) is 38.3 Å². The number of rotatable bonds is 5. The lowest BCUT2D eigenvalue weighted by Crippen LogP contribution is -2.59. The fourth-order valence-corrected chi connectivity index (χ4v) is 7.24. The predicted molar refractivity (Wildman–Crippen MR) is 118 cm³/mol. The molecular formula is C25H31NO2S. The highest BCUT2D eigenvalue weighted by molar-refractivity contribution is 7.12. The Morgan fingerprint density at radius 3 is 2.38 bits per heavy atom. The standard InChI is InChI=1S/C25H31NO2S/c1-15-4-16(2)17(3)22(5-15)28-13-21-9-23(29-14-21)24(27)26-25-10-18-6-19(11-25)8-20(7-18)12-25/h4-5,9,14,18-20H,6-8,10-13H2,1-3H3,(H,26,27). The SMILES string of the molecule is Cc1cc(C)c(C)c(OCc2csc(C(=O)NC34CC5CC(CC(C5)C3)C4)c2)c1. The van der Waals surface area contributed by atoms with Crippen LogP contribution >= 0.6 is 11.3 Å². The van der Waals surface area contributed by atoms with Crippen LogP contribution in [0.5, 0.6) is 5.75 Å². The molecule has 0 saturated heterocycles. The first-order valence-electron chi connectivity index (χ1n) is 11.0. The Labute approximate surface area is 177 Å². The van der Waals surface area contributed by atoms with Gasteiger partial charge in [-0.1, -0.05) is 6.07 Å². The van der Waals surface area contributed by atoms with Crippen LogP contribution in [0.3, 0.4) is 0 Å². The van der Waals surface area contributed by atoms with Gasteiger partial charge in [0.1, 0.15) is 12.4 Å². The summed E-state index contributed by atoms with van der Waals surface area (Å²) in [7, 11) is 0. The summed E-state index contributed by atoms with van der Waals surface area (Å²) in [4.78, 5) is 13.8. The van der Waals surface area contributed by atoms with Gasteiger partial charge in [0.2, 0.25) is 0 Å². The summed E-state index contributed by atoms with van der Waals surface area (Å²) in [5.41, 5.74) is 4.79. The van der Waals surface area contributed by atoms with E-state index in [0.717, 1.165) is 33.9 Å². The zero-order valence-corrected chi connectivity index (χ0v) is 18.5. The number of aryl methyl sites for hydroxylation is 2. The Morgan fingerprint density at radius 2 is 1.72 bits per heavy atom. The lowest BCUT2D eigenvalue weighted by atomic mass is 9.53. The molecule has 0 spiro atoms. The number of carbonyl (C=O) groups is 1. The van der Waals surface area contributed by atoms with Crippen molar-refractivity contribution in [2.45, 2.75) is 71.4 Å². The molecule has 154 valence electrons. The van der Waals surface area contributed by atoms with E-state index in [1.54, 1.807) is 0 Å². The summed E-state index contributed by atoms with van der Waals surface area (Å²) in [5, 5.41) is 5.54. The van der Waals surface area contributed by atoms with Gasteiger partial charge in [-0.2, -0.15) is 0 Å². The van der Waals surface area contributed by atoms with Gasteiger partial charge in [-0.05, 0) is 111 Å². The van der Waals surface area contributed by atoms with Crippen LogP contribution < -0.4 is 10.1 Å². The number of carbonyl (C=O) groups excluding carboxylic acids is 1. The minimum absolute atomic E-state index is 0.0721. The maximum atomic E-state index is 13.0. The van der Waals surface area contributed by atoms with E-state index in [9.17, 15) is 4.79 Å². The number of thiophene rings is 1. The average Bonchev–Trinajstić information content (AvgIpc) is 3.11. The van der Waals surface area contributed by atoms with Crippen molar-refractivity contribution in [2.75, 3.05) is 0 Å². The fraction of sp³-hybridized carbons (Fsp3) is 0.560. The molecule has 4 aliphatic carbocycles. The van der Waals surface area contributed by atoms with Gasteiger partial charge in [-0.25, -0.2) is 0 Å². The quantitative estimate of drug-likeness (QED) is 0.662. The smallest absolute Gasteiger partial charge is 0.261 e. The van der Waals surface area contributed by atoms with Crippen LogP contribution in [0.4, 0.5) is 0 Å². The van der Waals surface area contributed by atoms with Crippen LogP contribution in [0, 0.1) is 38.5 Å². The maximum absolute atomic E-state index is 13.0. The Hall–Kier alpha value is -1.81. The summed E-state index contributed by atoms with van der Waals surface area (Å²) in [6.45, 7) is 6.82. The molecule has 3 nitrogen and oxygen atoms in total. The minimum Gasteiger partial charge on any atom is -0.489 e. The summed E-state index contributed by atoms with van der Waals surface area (Å²) < 4.78 is 6.09. The molecule has 0 radical (unpaired) electrons. The van der Waals surface area contributed by atoms with Crippen molar-refractivity contribution in [1.82, 2.24) is 5.32 Å². The van der Waals surface area contributed by atoms with Crippen LogP contribution in [-0.4, -0.2) is 11.4 Å². The van der Waals surface area contributed by atoms with Gasteiger partial charge in [0.15, 0.2) is 0 Å². The second-order valence-electron chi connectivity index (χ2n) is 9.96. The van der Waals surface area contributed by atoms with Crippen molar-refractivity contribution in [3.63, 3.8) is 0 Å². The number of ether oxygens (including phenoxy) is 1. The molecule has 4 heteroatoms. The summed E-state index contributed by atoms with van der Waals surface area (Å²) >= 11 is 1.54. The van der Waals surface area contributed by atoms with Gasteiger partial charge in [-0.3, -0.25) is 4.79 Å². The number of benzene rings is 1. The number of amides is 1. The molecule has 1 aromatic heterocycles. The second-order valence-corrected chi connectivity index (χ2v) is 10.9. The van der Waals surface area contributed by atoms with Gasteiger partial charge in [0.25, 0.3) is 5.91 Å². The molecular weight excluding hydrogens is 378 g/mol. The number of nitrogens with one attached hydrogen (secondary N) is 1. The largest absolute Gasteiger partial charge is 0.489 e. The Bertz CT molecular complexity index is 909. The first kappa shape index (κ1) is 19.2. The highest BCUT2D eigenvalue weighted by Crippen LogP contribution is 2.55. The minimum atomic E-state index is 0.0721. The molecule has 1 aromatic carbocycles. The molecule has 4 saturated carbocycles. The molecule has 1 amide bonds. The summed E-state index contributed by atoms with van der Waals surface area (Å²) in [5.74, 6) is 3.58. The van der Waals surface area contributed by atoms with Crippen LogP contribution in [0.2, 0.25) is 0 Å². The van der Waals surface area contributed by atoms with Gasteiger partial charge >= 0.3 is 0 Å². The van der Waals surface area contributed by atoms with Gasteiger partial charge in [0.05, 0.1) is 4.88 Å². The van der Waals surface area contributed by atoms with Crippen LogP contribution in [0.1, 0.15) is 70.5 Å². The van der Waals surface area contributed by atoms with E-state index in [1.807, 2.05) is 6.07 Å². The predicted octanol–water partition coefficient (Wildman–Crippen LogP) is 5.95. The fourth-order valence-electron chi connectivity index (χ4n) is 6.45. The monoisotopic (exact) mass is 409 g/mol. The van der Waals surface area contributed by atoms with E-state index in [4.69, 9.17) is 4.74 Å². The Kier molecular flexibility index (Phi) is 4.73. The van der Waals surface area contributed by atoms with E-state index in [0.29, 0.717) is 6.61 Å². The van der Waals surface area contributed by atoms with Crippen molar-refractivity contribution < 1.29 is 9.53 Å². The third kappa shape index (κ3) is 3.72. The molecule has 1 N–H and O–H groups in total. The van der Waals surface area contributed by atoms with E-state index in [1.165, 1.54) is 66.6 Å². The van der Waals surface area contributed by atoms with Crippen molar-refractivity contribution in [3.05, 3.63) is 50.7 Å². The highest BCUT2D eigenvalue weighted by atomic mass is 32.1. The molecule has 29 heavy (non-hydrogen) atoms. The van der Waals surface area contributed by atoms with E-state index in [2.05, 4.69) is 43.6 Å². The summed E-state index contributed by atoms with van der Waals surface area (Å²) in [6.07, 6.45) is 7.77. The van der Waals surface area contributed by atoms with E-state index < -0.39 is 0 Å². The van der Waals surface area contributed by atoms with Crippen molar-refractivity contribution >= 4 is 17.2 Å². The molecule has 4 fully saturated rings. The van der Waals surface area contributed by atoms with Crippen molar-refractivity contribution in [2.24, 2.45) is 17.8 Å². The van der Waals surface area contributed by atoms with E-state index in [-0.39, 0.29) is 11.4 Å². The van der Waals surface area contributed by atoms with Crippen molar-refractivity contribution in [3.8, 4) is 5.75 Å². The molecule has 1 heterocycles. The zero-order chi connectivity index (χ0) is 20.2. The van der Waals surface area contributed by atoms with Crippen LogP contribution in [0.25, 0.3) is 0 Å². The first-order valence-corrected chi connectivity index (χ1v) is 11.9. The van der Waals surface area contributed by atoms with Crippen LogP contribution in [0.15, 0.2) is 23.6 Å². The molecule has 0 unspecified atom stereocenters. The highest BCUT2D eigenvalue weighted by Gasteiger charge is 2.51. The summed E-state index contributed by atoms with van der Waals surface area (Å²) in [6, 6.07) is 6.29. The molecule has 4 aliphatic rings. The Balaban J connectivity index is 1.24. The molecule has 6 rings (SSSR count). The normalized spacial score (nSPS) is 29.8. The van der Waals surface area contributed by atoms with Gasteiger partial charge < -0.3 is 10.1 Å². The number of hydrogen-bond donors (Lipinski definition) is 1. The first-order chi connectivity index (χ1) is 13.9.